The topological polar surface area (TPSA) is 114 Å². The van der Waals surface area contributed by atoms with Gasteiger partial charge in [-0.1, -0.05) is 62.4 Å². The number of nitrogens with zero attached hydrogens (tertiary/aromatic N) is 1. The van der Waals surface area contributed by atoms with Crippen LogP contribution in [0.4, 0.5) is 4.79 Å². The maximum absolute atomic E-state index is 13.6. The summed E-state index contributed by atoms with van der Waals surface area (Å²) < 4.78 is 16.3. The van der Waals surface area contributed by atoms with Crippen LogP contribution in [0.15, 0.2) is 66.7 Å². The zero-order chi connectivity index (χ0) is 28.8. The molecule has 9 heteroatoms. The summed E-state index contributed by atoms with van der Waals surface area (Å²) >= 11 is 0. The molecule has 2 N–H and O–H groups in total. The molecule has 1 aliphatic carbocycles. The van der Waals surface area contributed by atoms with Gasteiger partial charge in [0, 0.05) is 17.5 Å². The van der Waals surface area contributed by atoms with Gasteiger partial charge in [-0.05, 0) is 40.3 Å². The quantitative estimate of drug-likeness (QED) is 0.359. The van der Waals surface area contributed by atoms with Crippen molar-refractivity contribution in [3.63, 3.8) is 0 Å². The number of carbonyl (C=O) groups is 3. The molecule has 4 rings (SSSR count). The van der Waals surface area contributed by atoms with Crippen molar-refractivity contribution < 1.29 is 33.7 Å². The molecule has 0 heterocycles. The fourth-order valence-electron chi connectivity index (χ4n) is 5.04. The number of carboxylic acid groups (broad SMARTS) is 1. The maximum atomic E-state index is 13.6. The van der Waals surface area contributed by atoms with Crippen LogP contribution < -0.4 is 14.8 Å². The van der Waals surface area contributed by atoms with Gasteiger partial charge >= 0.3 is 12.1 Å². The van der Waals surface area contributed by atoms with Crippen LogP contribution in [0.3, 0.4) is 0 Å². The molecule has 0 saturated heterocycles. The number of ether oxygens (including phenoxy) is 3. The third-order valence-electron chi connectivity index (χ3n) is 7.04. The van der Waals surface area contributed by atoms with Crippen molar-refractivity contribution in [1.82, 2.24) is 10.2 Å². The van der Waals surface area contributed by atoms with Gasteiger partial charge in [-0.2, -0.15) is 0 Å². The summed E-state index contributed by atoms with van der Waals surface area (Å²) in [4.78, 5) is 39.4. The molecular weight excluding hydrogens is 512 g/mol. The molecule has 0 radical (unpaired) electrons. The molecule has 1 unspecified atom stereocenters. The first-order chi connectivity index (χ1) is 19.2. The van der Waals surface area contributed by atoms with Crippen molar-refractivity contribution in [2.45, 2.75) is 32.4 Å². The van der Waals surface area contributed by atoms with E-state index in [4.69, 9.17) is 14.2 Å². The van der Waals surface area contributed by atoms with E-state index >= 15 is 0 Å². The van der Waals surface area contributed by atoms with Crippen LogP contribution in [0.5, 0.6) is 11.5 Å². The van der Waals surface area contributed by atoms with E-state index in [2.05, 4.69) is 17.4 Å². The lowest BCUT2D eigenvalue weighted by Gasteiger charge is -2.29. The predicted octanol–water partition coefficient (Wildman–Crippen LogP) is 4.68. The molecule has 40 heavy (non-hydrogen) atoms. The van der Waals surface area contributed by atoms with Crippen LogP contribution in [0, 0.1) is 5.92 Å². The summed E-state index contributed by atoms with van der Waals surface area (Å²) in [5, 5.41) is 12.2. The van der Waals surface area contributed by atoms with Crippen molar-refractivity contribution in [3.05, 3.63) is 83.4 Å². The number of benzene rings is 3. The number of aliphatic carboxylic acids is 1. The minimum Gasteiger partial charge on any atom is -0.497 e. The van der Waals surface area contributed by atoms with E-state index < -0.39 is 30.6 Å². The number of amides is 2. The van der Waals surface area contributed by atoms with E-state index in [0.29, 0.717) is 17.1 Å². The number of hydrogen-bond acceptors (Lipinski definition) is 6. The van der Waals surface area contributed by atoms with Crippen molar-refractivity contribution in [3.8, 4) is 22.6 Å². The number of nitrogens with one attached hydrogen (secondary N) is 1. The molecule has 0 aromatic heterocycles. The summed E-state index contributed by atoms with van der Waals surface area (Å²) in [6.07, 6.45) is -0.744. The van der Waals surface area contributed by atoms with Crippen molar-refractivity contribution >= 4 is 18.0 Å². The highest BCUT2D eigenvalue weighted by atomic mass is 16.5. The second kappa shape index (κ2) is 12.5. The number of alkyl carbamates (subject to hydrolysis) is 1. The van der Waals surface area contributed by atoms with Gasteiger partial charge in [0.25, 0.3) is 0 Å². The number of rotatable bonds is 11. The molecule has 9 nitrogen and oxygen atoms in total. The molecule has 3 aromatic rings. The highest BCUT2D eigenvalue weighted by Gasteiger charge is 2.33. The first kappa shape index (κ1) is 28.5. The summed E-state index contributed by atoms with van der Waals surface area (Å²) in [5.41, 5.74) is 4.98. The van der Waals surface area contributed by atoms with Crippen molar-refractivity contribution in [1.29, 1.82) is 0 Å². The van der Waals surface area contributed by atoms with Crippen LogP contribution >= 0.6 is 0 Å². The number of methoxy groups -OCH3 is 2. The number of carboxylic acids is 1. The molecular formula is C31H34N2O7. The van der Waals surface area contributed by atoms with Gasteiger partial charge < -0.3 is 29.5 Å². The Bertz CT molecular complexity index is 1340. The Morgan fingerprint density at radius 1 is 0.925 bits per heavy atom. The normalized spacial score (nSPS) is 12.7. The number of hydrogen-bond donors (Lipinski definition) is 2. The molecule has 0 fully saturated rings. The number of fused-ring (bicyclic) bond motifs is 3. The van der Waals surface area contributed by atoms with Crippen LogP contribution in [0.2, 0.25) is 0 Å². The minimum atomic E-state index is -1.18. The lowest BCUT2D eigenvalue weighted by Crippen LogP contribution is -2.52. The maximum Gasteiger partial charge on any atom is 0.407 e. The highest BCUT2D eigenvalue weighted by molar-refractivity contribution is 5.88. The Morgan fingerprint density at radius 3 is 2.10 bits per heavy atom. The monoisotopic (exact) mass is 546 g/mol. The van der Waals surface area contributed by atoms with Gasteiger partial charge in [0.05, 0.1) is 20.8 Å². The Labute approximate surface area is 233 Å². The van der Waals surface area contributed by atoms with Gasteiger partial charge in [-0.25, -0.2) is 4.79 Å². The van der Waals surface area contributed by atoms with E-state index in [0.717, 1.165) is 22.3 Å². The lowest BCUT2D eigenvalue weighted by atomic mass is 9.98. The van der Waals surface area contributed by atoms with Crippen LogP contribution in [-0.2, 0) is 20.9 Å². The van der Waals surface area contributed by atoms with E-state index in [1.165, 1.54) is 19.1 Å². The molecule has 0 spiro atoms. The Balaban J connectivity index is 1.48. The molecule has 1 atom stereocenters. The van der Waals surface area contributed by atoms with E-state index in [1.54, 1.807) is 32.0 Å². The van der Waals surface area contributed by atoms with Gasteiger partial charge in [-0.15, -0.1) is 0 Å². The number of carbonyl (C=O) groups excluding carboxylic acids is 2. The van der Waals surface area contributed by atoms with E-state index in [9.17, 15) is 19.5 Å². The summed E-state index contributed by atoms with van der Waals surface area (Å²) in [6.45, 7) is 3.07. The first-order valence-electron chi connectivity index (χ1n) is 13.1. The standard InChI is InChI=1S/C31H34N2O7/c1-19(2)29(30(36)33(17-28(34)35)16-20-13-14-21(38-3)15-27(20)39-4)32-31(37)40-18-26-24-11-7-5-9-22(24)23-10-6-8-12-25(23)26/h5-15,19,26,29H,16-18H2,1-4H3,(H,32,37)(H,34,35). The minimum absolute atomic E-state index is 0.0338. The first-order valence-corrected chi connectivity index (χ1v) is 13.1. The third-order valence-corrected chi connectivity index (χ3v) is 7.04. The third kappa shape index (κ3) is 6.20. The van der Waals surface area contributed by atoms with Gasteiger partial charge in [-0.3, -0.25) is 9.59 Å². The zero-order valence-electron chi connectivity index (χ0n) is 23.0. The lowest BCUT2D eigenvalue weighted by molar-refractivity contribution is -0.146. The fraction of sp³-hybridized carbons (Fsp3) is 0.323. The molecule has 0 bridgehead atoms. The average Bonchev–Trinajstić information content (AvgIpc) is 3.27. The predicted molar refractivity (Wildman–Crippen MR) is 149 cm³/mol. The highest BCUT2D eigenvalue weighted by Crippen LogP contribution is 2.44. The van der Waals surface area contributed by atoms with E-state index in [1.807, 2.05) is 36.4 Å². The largest absolute Gasteiger partial charge is 0.497 e. The van der Waals surface area contributed by atoms with Gasteiger partial charge in [0.1, 0.15) is 30.7 Å². The van der Waals surface area contributed by atoms with Gasteiger partial charge in [0.15, 0.2) is 0 Å². The zero-order valence-corrected chi connectivity index (χ0v) is 23.0. The van der Waals surface area contributed by atoms with Gasteiger partial charge in [0.2, 0.25) is 5.91 Å². The van der Waals surface area contributed by atoms with Crippen molar-refractivity contribution in [2.75, 3.05) is 27.4 Å². The van der Waals surface area contributed by atoms with E-state index in [-0.39, 0.29) is 25.0 Å². The average molecular weight is 547 g/mol. The Kier molecular flexibility index (Phi) is 8.93. The molecule has 2 amide bonds. The fourth-order valence-corrected chi connectivity index (χ4v) is 5.04. The molecule has 3 aromatic carbocycles. The molecule has 210 valence electrons. The van der Waals surface area contributed by atoms with Crippen LogP contribution in [-0.4, -0.2) is 61.4 Å². The molecule has 0 saturated carbocycles. The Morgan fingerprint density at radius 2 is 1.55 bits per heavy atom. The summed E-state index contributed by atoms with van der Waals surface area (Å²) in [5.74, 6) is -1.16. The van der Waals surface area contributed by atoms with Crippen molar-refractivity contribution in [2.24, 2.45) is 5.92 Å². The second-order valence-electron chi connectivity index (χ2n) is 9.96. The SMILES string of the molecule is COc1ccc(CN(CC(=O)O)C(=O)C(NC(=O)OCC2c3ccccc3-c3ccccc32)C(C)C)c(OC)c1. The molecule has 1 aliphatic rings. The summed E-state index contributed by atoms with van der Waals surface area (Å²) in [6, 6.07) is 20.1. The van der Waals surface area contributed by atoms with Crippen LogP contribution in [0.25, 0.3) is 11.1 Å². The molecule has 0 aliphatic heterocycles. The smallest absolute Gasteiger partial charge is 0.407 e. The Hall–Kier alpha value is -4.53. The summed E-state index contributed by atoms with van der Waals surface area (Å²) in [7, 11) is 3.01. The van der Waals surface area contributed by atoms with Crippen LogP contribution in [0.1, 0.15) is 36.5 Å². The second-order valence-corrected chi connectivity index (χ2v) is 9.96.